The van der Waals surface area contributed by atoms with E-state index in [9.17, 15) is 0 Å². The third kappa shape index (κ3) is 3.02. The average Bonchev–Trinajstić information content (AvgIpc) is 3.16. The predicted octanol–water partition coefficient (Wildman–Crippen LogP) is 1.92. The number of hydrogen-bond donors (Lipinski definition) is 1. The van der Waals surface area contributed by atoms with Gasteiger partial charge in [-0.2, -0.15) is 4.98 Å². The second-order valence-corrected chi connectivity index (χ2v) is 6.90. The van der Waals surface area contributed by atoms with Gasteiger partial charge in [-0.3, -0.25) is 0 Å². The van der Waals surface area contributed by atoms with E-state index in [1.54, 1.807) is 6.33 Å². The molecule has 0 aliphatic carbocycles. The molecule has 0 bridgehead atoms. The second-order valence-electron chi connectivity index (χ2n) is 6.90. The topological polar surface area (TPSA) is 77.1 Å². The Morgan fingerprint density at radius 3 is 2.88 bits per heavy atom. The zero-order valence-electron chi connectivity index (χ0n) is 15.4. The maximum atomic E-state index is 4.68. The SMILES string of the molecule is CN(C)c1nccc(N(C)C2CCCN(c3ncnc4[nH]ccc34)C2)n1. The van der Waals surface area contributed by atoms with Gasteiger partial charge in [0.05, 0.1) is 5.39 Å². The second kappa shape index (κ2) is 6.78. The smallest absolute Gasteiger partial charge is 0.226 e. The van der Waals surface area contributed by atoms with Crippen molar-refractivity contribution in [3.8, 4) is 0 Å². The Hall–Kier alpha value is -2.90. The molecule has 3 aromatic rings. The summed E-state index contributed by atoms with van der Waals surface area (Å²) in [5.74, 6) is 2.68. The van der Waals surface area contributed by atoms with Crippen molar-refractivity contribution in [1.29, 1.82) is 0 Å². The standard InChI is InChI=1S/C18H24N8/c1-24(2)18-20-9-7-15(23-18)25(3)13-5-4-10-26(11-13)17-14-6-8-19-16(14)21-12-22-17/h6-9,12-13H,4-5,10-11H2,1-3H3,(H,19,21,22). The van der Waals surface area contributed by atoms with Crippen LogP contribution in [0.5, 0.6) is 0 Å². The summed E-state index contributed by atoms with van der Waals surface area (Å²) in [5.41, 5.74) is 0.886. The molecule has 0 radical (unpaired) electrons. The van der Waals surface area contributed by atoms with Crippen LogP contribution >= 0.6 is 0 Å². The Labute approximate surface area is 152 Å². The van der Waals surface area contributed by atoms with Crippen LogP contribution in [0.4, 0.5) is 17.6 Å². The van der Waals surface area contributed by atoms with E-state index in [1.165, 1.54) is 0 Å². The highest BCUT2D eigenvalue weighted by Crippen LogP contribution is 2.27. The van der Waals surface area contributed by atoms with Gasteiger partial charge < -0.3 is 19.7 Å². The lowest BCUT2D eigenvalue weighted by Gasteiger charge is -2.39. The molecule has 1 fully saturated rings. The number of rotatable bonds is 4. The van der Waals surface area contributed by atoms with E-state index < -0.39 is 0 Å². The third-order valence-electron chi connectivity index (χ3n) is 4.97. The molecule has 0 spiro atoms. The van der Waals surface area contributed by atoms with E-state index in [0.717, 1.165) is 54.5 Å². The Balaban J connectivity index is 1.57. The molecule has 136 valence electrons. The number of likely N-dealkylation sites (N-methyl/N-ethyl adjacent to an activating group) is 1. The van der Waals surface area contributed by atoms with Gasteiger partial charge in [-0.1, -0.05) is 0 Å². The summed E-state index contributed by atoms with van der Waals surface area (Å²) in [5, 5.41) is 1.08. The van der Waals surface area contributed by atoms with E-state index in [2.05, 4.69) is 41.8 Å². The quantitative estimate of drug-likeness (QED) is 0.768. The minimum Gasteiger partial charge on any atom is -0.355 e. The van der Waals surface area contributed by atoms with Gasteiger partial charge in [-0.05, 0) is 25.0 Å². The molecular weight excluding hydrogens is 328 g/mol. The van der Waals surface area contributed by atoms with E-state index in [4.69, 9.17) is 0 Å². The summed E-state index contributed by atoms with van der Waals surface area (Å²) in [4.78, 5) is 27.6. The van der Waals surface area contributed by atoms with Crippen molar-refractivity contribution in [3.05, 3.63) is 30.9 Å². The fraction of sp³-hybridized carbons (Fsp3) is 0.444. The molecule has 0 saturated carbocycles. The molecule has 26 heavy (non-hydrogen) atoms. The van der Waals surface area contributed by atoms with Crippen LogP contribution in [0.2, 0.25) is 0 Å². The Morgan fingerprint density at radius 2 is 2.04 bits per heavy atom. The summed E-state index contributed by atoms with van der Waals surface area (Å²) in [6, 6.07) is 4.39. The van der Waals surface area contributed by atoms with Crippen LogP contribution in [0.25, 0.3) is 11.0 Å². The maximum absolute atomic E-state index is 4.68. The zero-order chi connectivity index (χ0) is 18.1. The lowest BCUT2D eigenvalue weighted by atomic mass is 10.0. The lowest BCUT2D eigenvalue weighted by Crippen LogP contribution is -2.47. The molecule has 1 N–H and O–H groups in total. The molecule has 1 saturated heterocycles. The molecule has 1 unspecified atom stereocenters. The fourth-order valence-corrected chi connectivity index (χ4v) is 3.51. The van der Waals surface area contributed by atoms with Gasteiger partial charge in [0.25, 0.3) is 0 Å². The molecule has 4 rings (SSSR count). The molecule has 3 aromatic heterocycles. The molecule has 8 nitrogen and oxygen atoms in total. The normalized spacial score (nSPS) is 17.5. The number of nitrogens with one attached hydrogen (secondary N) is 1. The Morgan fingerprint density at radius 1 is 1.15 bits per heavy atom. The van der Waals surface area contributed by atoms with Crippen molar-refractivity contribution in [2.24, 2.45) is 0 Å². The highest BCUT2D eigenvalue weighted by molar-refractivity contribution is 5.87. The van der Waals surface area contributed by atoms with Gasteiger partial charge in [0.1, 0.15) is 23.6 Å². The van der Waals surface area contributed by atoms with Gasteiger partial charge in [-0.15, -0.1) is 0 Å². The molecular formula is C18H24N8. The van der Waals surface area contributed by atoms with Crippen LogP contribution in [0.1, 0.15) is 12.8 Å². The number of hydrogen-bond acceptors (Lipinski definition) is 7. The largest absolute Gasteiger partial charge is 0.355 e. The van der Waals surface area contributed by atoms with Gasteiger partial charge in [-0.25, -0.2) is 15.0 Å². The van der Waals surface area contributed by atoms with Crippen LogP contribution < -0.4 is 14.7 Å². The van der Waals surface area contributed by atoms with Crippen molar-refractivity contribution in [3.63, 3.8) is 0 Å². The molecule has 0 aromatic carbocycles. The molecule has 1 atom stereocenters. The van der Waals surface area contributed by atoms with Crippen LogP contribution in [0, 0.1) is 0 Å². The van der Waals surface area contributed by atoms with Crippen molar-refractivity contribution in [2.45, 2.75) is 18.9 Å². The minimum atomic E-state index is 0.373. The number of anilines is 3. The van der Waals surface area contributed by atoms with Crippen molar-refractivity contribution in [1.82, 2.24) is 24.9 Å². The van der Waals surface area contributed by atoms with E-state index in [1.807, 2.05) is 43.5 Å². The summed E-state index contributed by atoms with van der Waals surface area (Å²) < 4.78 is 0. The van der Waals surface area contributed by atoms with Crippen molar-refractivity contribution < 1.29 is 0 Å². The number of H-pyrrole nitrogens is 1. The summed E-state index contributed by atoms with van der Waals surface area (Å²) in [6.07, 6.45) is 7.63. The van der Waals surface area contributed by atoms with Crippen molar-refractivity contribution >= 4 is 28.6 Å². The third-order valence-corrected chi connectivity index (χ3v) is 4.97. The van der Waals surface area contributed by atoms with Crippen LogP contribution in [0.3, 0.4) is 0 Å². The molecule has 1 aliphatic heterocycles. The Kier molecular flexibility index (Phi) is 4.32. The van der Waals surface area contributed by atoms with Gasteiger partial charge >= 0.3 is 0 Å². The number of aromatic amines is 1. The first-order valence-electron chi connectivity index (χ1n) is 8.89. The van der Waals surface area contributed by atoms with Crippen LogP contribution in [-0.2, 0) is 0 Å². The van der Waals surface area contributed by atoms with E-state index >= 15 is 0 Å². The van der Waals surface area contributed by atoms with E-state index in [-0.39, 0.29) is 0 Å². The van der Waals surface area contributed by atoms with E-state index in [0.29, 0.717) is 6.04 Å². The first kappa shape index (κ1) is 16.6. The summed E-state index contributed by atoms with van der Waals surface area (Å²) in [6.45, 7) is 1.92. The van der Waals surface area contributed by atoms with Gasteiger partial charge in [0.15, 0.2) is 0 Å². The molecule has 1 aliphatic rings. The molecule has 8 heteroatoms. The summed E-state index contributed by atoms with van der Waals surface area (Å²) in [7, 11) is 6.03. The number of fused-ring (bicyclic) bond motifs is 1. The van der Waals surface area contributed by atoms with Crippen LogP contribution in [0.15, 0.2) is 30.9 Å². The monoisotopic (exact) mass is 352 g/mol. The van der Waals surface area contributed by atoms with Crippen molar-refractivity contribution in [2.75, 3.05) is 48.9 Å². The predicted molar refractivity (Wildman–Crippen MR) is 104 cm³/mol. The summed E-state index contributed by atoms with van der Waals surface area (Å²) >= 11 is 0. The van der Waals surface area contributed by atoms with Gasteiger partial charge in [0, 0.05) is 52.7 Å². The maximum Gasteiger partial charge on any atom is 0.226 e. The minimum absolute atomic E-state index is 0.373. The number of nitrogens with zero attached hydrogens (tertiary/aromatic N) is 7. The number of piperidine rings is 1. The molecule has 4 heterocycles. The zero-order valence-corrected chi connectivity index (χ0v) is 15.4. The molecule has 0 amide bonds. The lowest BCUT2D eigenvalue weighted by molar-refractivity contribution is 0.484. The highest BCUT2D eigenvalue weighted by Gasteiger charge is 2.26. The average molecular weight is 352 g/mol. The number of aromatic nitrogens is 5. The first-order valence-corrected chi connectivity index (χ1v) is 8.89. The van der Waals surface area contributed by atoms with Crippen LogP contribution in [-0.4, -0.2) is 65.2 Å². The Bertz CT molecular complexity index is 890. The fourth-order valence-electron chi connectivity index (χ4n) is 3.51. The first-order chi connectivity index (χ1) is 12.6. The van der Waals surface area contributed by atoms with Gasteiger partial charge in [0.2, 0.25) is 5.95 Å². The highest BCUT2D eigenvalue weighted by atomic mass is 15.3.